The SMILES string of the molecule is CN=C(NCc1nccn1CC(C)C)NC1CCN(C(=O)C2CCCC2)C1. The first-order valence-corrected chi connectivity index (χ1v) is 10.3. The maximum atomic E-state index is 12.6. The van der Waals surface area contributed by atoms with Gasteiger partial charge in [-0.25, -0.2) is 4.98 Å². The Labute approximate surface area is 162 Å². The summed E-state index contributed by atoms with van der Waals surface area (Å²) in [6, 6.07) is 0.261. The molecule has 7 heteroatoms. The molecule has 150 valence electrons. The summed E-state index contributed by atoms with van der Waals surface area (Å²) in [6.07, 6.45) is 9.39. The predicted molar refractivity (Wildman–Crippen MR) is 107 cm³/mol. The quantitative estimate of drug-likeness (QED) is 0.590. The van der Waals surface area contributed by atoms with Gasteiger partial charge in [0.2, 0.25) is 5.91 Å². The molecule has 1 amide bonds. The Morgan fingerprint density at radius 2 is 2.11 bits per heavy atom. The first kappa shape index (κ1) is 19.7. The molecule has 2 aliphatic rings. The number of likely N-dealkylation sites (tertiary alicyclic amines) is 1. The number of guanidine groups is 1. The summed E-state index contributed by atoms with van der Waals surface area (Å²) < 4.78 is 2.18. The lowest BCUT2D eigenvalue weighted by Gasteiger charge is -2.21. The third-order valence-corrected chi connectivity index (χ3v) is 5.55. The summed E-state index contributed by atoms with van der Waals surface area (Å²) in [5.41, 5.74) is 0. The third kappa shape index (κ3) is 5.23. The molecule has 1 aromatic rings. The molecule has 7 nitrogen and oxygen atoms in total. The van der Waals surface area contributed by atoms with Crippen LogP contribution >= 0.6 is 0 Å². The Morgan fingerprint density at radius 3 is 2.81 bits per heavy atom. The van der Waals surface area contributed by atoms with Crippen molar-refractivity contribution in [3.63, 3.8) is 0 Å². The second-order valence-electron chi connectivity index (χ2n) is 8.21. The molecular formula is C20H34N6O. The minimum Gasteiger partial charge on any atom is -0.352 e. The van der Waals surface area contributed by atoms with Crippen LogP contribution in [0.25, 0.3) is 0 Å². The van der Waals surface area contributed by atoms with Gasteiger partial charge in [-0.05, 0) is 25.2 Å². The maximum Gasteiger partial charge on any atom is 0.225 e. The molecule has 1 atom stereocenters. The van der Waals surface area contributed by atoms with Gasteiger partial charge in [0.1, 0.15) is 5.82 Å². The molecule has 2 heterocycles. The number of rotatable bonds is 6. The normalized spacial score (nSPS) is 21.3. The van der Waals surface area contributed by atoms with E-state index in [1.165, 1.54) is 12.8 Å². The Kier molecular flexibility index (Phi) is 6.74. The molecule has 27 heavy (non-hydrogen) atoms. The number of nitrogens with one attached hydrogen (secondary N) is 2. The minimum atomic E-state index is 0.261. The summed E-state index contributed by atoms with van der Waals surface area (Å²) in [4.78, 5) is 23.4. The monoisotopic (exact) mass is 374 g/mol. The highest BCUT2D eigenvalue weighted by atomic mass is 16.2. The number of carbonyl (C=O) groups is 1. The van der Waals surface area contributed by atoms with Crippen LogP contribution in [0.3, 0.4) is 0 Å². The second-order valence-corrected chi connectivity index (χ2v) is 8.21. The fourth-order valence-corrected chi connectivity index (χ4v) is 4.13. The topological polar surface area (TPSA) is 74.6 Å². The van der Waals surface area contributed by atoms with Gasteiger partial charge in [0.05, 0.1) is 6.54 Å². The zero-order chi connectivity index (χ0) is 19.2. The van der Waals surface area contributed by atoms with Crippen molar-refractivity contribution in [2.24, 2.45) is 16.8 Å². The molecule has 0 bridgehead atoms. The first-order chi connectivity index (χ1) is 13.1. The lowest BCUT2D eigenvalue weighted by molar-refractivity contribution is -0.134. The Hall–Kier alpha value is -2.05. The lowest BCUT2D eigenvalue weighted by Crippen LogP contribution is -2.45. The Balaban J connectivity index is 1.47. The van der Waals surface area contributed by atoms with Crippen molar-refractivity contribution in [2.75, 3.05) is 20.1 Å². The van der Waals surface area contributed by atoms with Crippen LogP contribution in [0, 0.1) is 11.8 Å². The van der Waals surface area contributed by atoms with Gasteiger partial charge in [0, 0.05) is 51.0 Å². The van der Waals surface area contributed by atoms with Crippen molar-refractivity contribution in [3.8, 4) is 0 Å². The van der Waals surface area contributed by atoms with Crippen LogP contribution in [0.15, 0.2) is 17.4 Å². The van der Waals surface area contributed by atoms with Crippen LogP contribution in [-0.4, -0.2) is 52.5 Å². The van der Waals surface area contributed by atoms with Crippen LogP contribution < -0.4 is 10.6 Å². The highest BCUT2D eigenvalue weighted by Gasteiger charge is 2.32. The van der Waals surface area contributed by atoms with Crippen molar-refractivity contribution >= 4 is 11.9 Å². The van der Waals surface area contributed by atoms with Crippen molar-refractivity contribution < 1.29 is 4.79 Å². The number of aromatic nitrogens is 2. The van der Waals surface area contributed by atoms with Crippen molar-refractivity contribution in [2.45, 2.75) is 65.1 Å². The van der Waals surface area contributed by atoms with Gasteiger partial charge in [-0.15, -0.1) is 0 Å². The number of hydrogen-bond donors (Lipinski definition) is 2. The highest BCUT2D eigenvalue weighted by molar-refractivity contribution is 5.81. The van der Waals surface area contributed by atoms with Crippen LogP contribution in [-0.2, 0) is 17.9 Å². The highest BCUT2D eigenvalue weighted by Crippen LogP contribution is 2.27. The zero-order valence-corrected chi connectivity index (χ0v) is 16.9. The minimum absolute atomic E-state index is 0.261. The summed E-state index contributed by atoms with van der Waals surface area (Å²) in [7, 11) is 1.78. The summed E-state index contributed by atoms with van der Waals surface area (Å²) in [5, 5.41) is 6.84. The van der Waals surface area contributed by atoms with E-state index in [9.17, 15) is 4.79 Å². The van der Waals surface area contributed by atoms with Gasteiger partial charge < -0.3 is 20.1 Å². The number of amides is 1. The molecule has 3 rings (SSSR count). The van der Waals surface area contributed by atoms with E-state index in [-0.39, 0.29) is 12.0 Å². The number of nitrogens with zero attached hydrogens (tertiary/aromatic N) is 4. The standard InChI is InChI=1S/C20H34N6O/c1-15(2)13-25-11-9-22-18(25)12-23-20(21-3)24-17-8-10-26(14-17)19(27)16-6-4-5-7-16/h9,11,15-17H,4-8,10,12-14H2,1-3H3,(H2,21,23,24). The number of carbonyl (C=O) groups excluding carboxylic acids is 1. The Morgan fingerprint density at radius 1 is 1.33 bits per heavy atom. The van der Waals surface area contributed by atoms with Crippen molar-refractivity contribution in [1.29, 1.82) is 0 Å². The van der Waals surface area contributed by atoms with E-state index in [1.54, 1.807) is 7.05 Å². The van der Waals surface area contributed by atoms with E-state index in [0.717, 1.165) is 50.7 Å². The molecule has 1 unspecified atom stereocenters. The third-order valence-electron chi connectivity index (χ3n) is 5.55. The van der Waals surface area contributed by atoms with E-state index >= 15 is 0 Å². The Bertz CT molecular complexity index is 647. The molecule has 0 aromatic carbocycles. The van der Waals surface area contributed by atoms with Crippen LogP contribution in [0.5, 0.6) is 0 Å². The molecule has 2 N–H and O–H groups in total. The van der Waals surface area contributed by atoms with E-state index < -0.39 is 0 Å². The molecule has 1 saturated carbocycles. The first-order valence-electron chi connectivity index (χ1n) is 10.3. The molecule has 1 saturated heterocycles. The zero-order valence-electron chi connectivity index (χ0n) is 16.9. The largest absolute Gasteiger partial charge is 0.352 e. The van der Waals surface area contributed by atoms with Crippen LogP contribution in [0.4, 0.5) is 0 Å². The van der Waals surface area contributed by atoms with Crippen molar-refractivity contribution in [1.82, 2.24) is 25.1 Å². The summed E-state index contributed by atoms with van der Waals surface area (Å²) in [5.74, 6) is 2.99. The van der Waals surface area contributed by atoms with Gasteiger partial charge >= 0.3 is 0 Å². The molecule has 1 aromatic heterocycles. The fourth-order valence-electron chi connectivity index (χ4n) is 4.13. The molecule has 0 spiro atoms. The molecule has 1 aliphatic heterocycles. The summed E-state index contributed by atoms with van der Waals surface area (Å²) in [6.45, 7) is 7.63. The molecular weight excluding hydrogens is 340 g/mol. The maximum absolute atomic E-state index is 12.6. The average Bonchev–Trinajstić information content (AvgIpc) is 3.39. The van der Waals surface area contributed by atoms with Crippen molar-refractivity contribution in [3.05, 3.63) is 18.2 Å². The molecule has 1 aliphatic carbocycles. The van der Waals surface area contributed by atoms with Gasteiger partial charge in [-0.3, -0.25) is 9.79 Å². The number of aliphatic imine (C=N–C) groups is 1. The van der Waals surface area contributed by atoms with E-state index in [4.69, 9.17) is 0 Å². The fraction of sp³-hybridized carbons (Fsp3) is 0.750. The van der Waals surface area contributed by atoms with Crippen LogP contribution in [0.2, 0.25) is 0 Å². The van der Waals surface area contributed by atoms with E-state index in [0.29, 0.717) is 18.4 Å². The smallest absolute Gasteiger partial charge is 0.225 e. The average molecular weight is 375 g/mol. The lowest BCUT2D eigenvalue weighted by atomic mass is 10.1. The van der Waals surface area contributed by atoms with Gasteiger partial charge in [-0.2, -0.15) is 0 Å². The van der Waals surface area contributed by atoms with Gasteiger partial charge in [-0.1, -0.05) is 26.7 Å². The van der Waals surface area contributed by atoms with Gasteiger partial charge in [0.25, 0.3) is 0 Å². The second kappa shape index (κ2) is 9.24. The predicted octanol–water partition coefficient (Wildman–Crippen LogP) is 2.00. The number of hydrogen-bond acceptors (Lipinski definition) is 3. The number of imidazole rings is 1. The molecule has 0 radical (unpaired) electrons. The molecule has 2 fully saturated rings. The van der Waals surface area contributed by atoms with Crippen LogP contribution in [0.1, 0.15) is 51.8 Å². The van der Waals surface area contributed by atoms with E-state index in [1.807, 2.05) is 17.3 Å². The van der Waals surface area contributed by atoms with E-state index in [2.05, 4.69) is 39.0 Å². The summed E-state index contributed by atoms with van der Waals surface area (Å²) >= 11 is 0. The van der Waals surface area contributed by atoms with Gasteiger partial charge in [0.15, 0.2) is 5.96 Å².